The van der Waals surface area contributed by atoms with Gasteiger partial charge in [-0.3, -0.25) is 14.5 Å². The Morgan fingerprint density at radius 3 is 1.81 bits per heavy atom. The first-order chi connectivity index (χ1) is 9.97. The van der Waals surface area contributed by atoms with E-state index in [2.05, 4.69) is 0 Å². The molecule has 0 aliphatic rings. The lowest BCUT2D eigenvalue weighted by atomic mass is 10.2. The van der Waals surface area contributed by atoms with Crippen LogP contribution in [0.15, 0.2) is 48.5 Å². The number of halogens is 2. The first-order valence-electron chi connectivity index (χ1n) is 6.10. The minimum atomic E-state index is -0.821. The molecule has 2 aromatic carbocycles. The van der Waals surface area contributed by atoms with Crippen molar-refractivity contribution in [2.24, 2.45) is 5.73 Å². The number of nitrogens with two attached hydrogens (primary N) is 1. The maximum Gasteiger partial charge on any atom is 0.240 e. The Labute approximate surface area is 119 Å². The average Bonchev–Trinajstić information content (AvgIpc) is 2.38. The summed E-state index contributed by atoms with van der Waals surface area (Å²) in [5.41, 5.74) is 5.39. The van der Waals surface area contributed by atoms with E-state index in [9.17, 15) is 18.4 Å². The summed E-state index contributed by atoms with van der Waals surface area (Å²) in [6, 6.07) is 10.4. The Morgan fingerprint density at radius 2 is 1.43 bits per heavy atom. The van der Waals surface area contributed by atoms with E-state index >= 15 is 0 Å². The smallest absolute Gasteiger partial charge is 0.240 e. The molecule has 4 nitrogen and oxygen atoms in total. The number of carbonyl (C=O) groups is 2. The third-order valence-corrected chi connectivity index (χ3v) is 2.71. The summed E-state index contributed by atoms with van der Waals surface area (Å²) < 4.78 is 26.7. The van der Waals surface area contributed by atoms with Gasteiger partial charge in [-0.05, 0) is 36.4 Å². The molecule has 0 saturated heterocycles. The van der Waals surface area contributed by atoms with Crippen LogP contribution in [-0.4, -0.2) is 11.8 Å². The van der Waals surface area contributed by atoms with Crippen molar-refractivity contribution >= 4 is 23.2 Å². The van der Waals surface area contributed by atoms with Crippen molar-refractivity contribution in [1.29, 1.82) is 0 Å². The third-order valence-electron chi connectivity index (χ3n) is 2.71. The fraction of sp³-hybridized carbons (Fsp3) is 0.0667. The lowest BCUT2D eigenvalue weighted by molar-refractivity contribution is -0.125. The molecule has 0 spiro atoms. The number of carbonyl (C=O) groups excluding carboxylic acids is 2. The number of rotatable bonds is 4. The van der Waals surface area contributed by atoms with Gasteiger partial charge in [0.05, 0.1) is 11.4 Å². The van der Waals surface area contributed by atoms with Gasteiger partial charge >= 0.3 is 0 Å². The van der Waals surface area contributed by atoms with Crippen LogP contribution in [-0.2, 0) is 9.59 Å². The molecule has 0 aromatic heterocycles. The fourth-order valence-electron chi connectivity index (χ4n) is 1.90. The number of benzene rings is 2. The maximum atomic E-state index is 13.3. The molecular formula is C15H12F2N2O2. The Morgan fingerprint density at radius 1 is 0.952 bits per heavy atom. The van der Waals surface area contributed by atoms with Crippen LogP contribution >= 0.6 is 0 Å². The van der Waals surface area contributed by atoms with Crippen molar-refractivity contribution in [3.63, 3.8) is 0 Å². The number of nitrogens with zero attached hydrogens (tertiary/aromatic N) is 1. The SMILES string of the molecule is NC(=O)CC(=O)N(c1cccc(F)c1)c1cccc(F)c1. The minimum absolute atomic E-state index is 0.187. The number of hydrogen-bond acceptors (Lipinski definition) is 2. The Balaban J connectivity index is 2.48. The van der Waals surface area contributed by atoms with Crippen molar-refractivity contribution in [3.8, 4) is 0 Å². The normalized spacial score (nSPS) is 10.2. The molecule has 2 aromatic rings. The van der Waals surface area contributed by atoms with Gasteiger partial charge < -0.3 is 5.73 Å². The zero-order chi connectivity index (χ0) is 15.4. The van der Waals surface area contributed by atoms with Crippen LogP contribution in [0.2, 0.25) is 0 Å². The summed E-state index contributed by atoms with van der Waals surface area (Å²) in [5.74, 6) is -2.60. The van der Waals surface area contributed by atoms with Crippen molar-refractivity contribution in [2.75, 3.05) is 4.90 Å². The number of hydrogen-bond donors (Lipinski definition) is 1. The third kappa shape index (κ3) is 3.62. The van der Waals surface area contributed by atoms with E-state index in [-0.39, 0.29) is 11.4 Å². The number of amides is 2. The minimum Gasteiger partial charge on any atom is -0.369 e. The van der Waals surface area contributed by atoms with E-state index in [0.717, 1.165) is 17.0 Å². The molecule has 0 atom stereocenters. The van der Waals surface area contributed by atoms with Gasteiger partial charge in [0.2, 0.25) is 11.8 Å². The maximum absolute atomic E-state index is 13.3. The second-order valence-corrected chi connectivity index (χ2v) is 4.33. The van der Waals surface area contributed by atoms with Crippen LogP contribution in [0.5, 0.6) is 0 Å². The fourth-order valence-corrected chi connectivity index (χ4v) is 1.90. The summed E-state index contributed by atoms with van der Waals surface area (Å²) in [4.78, 5) is 24.1. The van der Waals surface area contributed by atoms with E-state index in [1.165, 1.54) is 36.4 Å². The summed E-state index contributed by atoms with van der Waals surface area (Å²) in [7, 11) is 0. The van der Waals surface area contributed by atoms with Crippen LogP contribution in [0, 0.1) is 11.6 Å². The van der Waals surface area contributed by atoms with E-state index in [4.69, 9.17) is 5.73 Å². The molecule has 2 rings (SSSR count). The first kappa shape index (κ1) is 14.6. The molecule has 2 amide bonds. The molecule has 108 valence electrons. The van der Waals surface area contributed by atoms with Crippen molar-refractivity contribution < 1.29 is 18.4 Å². The van der Waals surface area contributed by atoms with Crippen LogP contribution < -0.4 is 10.6 Å². The molecule has 0 fully saturated rings. The van der Waals surface area contributed by atoms with Gasteiger partial charge in [-0.25, -0.2) is 8.78 Å². The van der Waals surface area contributed by atoms with E-state index in [0.29, 0.717) is 0 Å². The quantitative estimate of drug-likeness (QED) is 0.879. The summed E-state index contributed by atoms with van der Waals surface area (Å²) in [5, 5.41) is 0. The second-order valence-electron chi connectivity index (χ2n) is 4.33. The summed E-state index contributed by atoms with van der Waals surface area (Å²) in [6.07, 6.45) is -0.562. The zero-order valence-corrected chi connectivity index (χ0v) is 10.9. The average molecular weight is 290 g/mol. The second kappa shape index (κ2) is 6.13. The molecule has 0 radical (unpaired) electrons. The first-order valence-corrected chi connectivity index (χ1v) is 6.10. The van der Waals surface area contributed by atoms with E-state index < -0.39 is 29.9 Å². The molecule has 0 saturated carbocycles. The summed E-state index contributed by atoms with van der Waals surface area (Å²) in [6.45, 7) is 0. The van der Waals surface area contributed by atoms with Crippen molar-refractivity contribution in [1.82, 2.24) is 0 Å². The zero-order valence-electron chi connectivity index (χ0n) is 10.9. The monoisotopic (exact) mass is 290 g/mol. The predicted molar refractivity (Wildman–Crippen MR) is 73.8 cm³/mol. The van der Waals surface area contributed by atoms with E-state index in [1.54, 1.807) is 0 Å². The largest absolute Gasteiger partial charge is 0.369 e. The van der Waals surface area contributed by atoms with Gasteiger partial charge in [-0.1, -0.05) is 12.1 Å². The lowest BCUT2D eigenvalue weighted by Crippen LogP contribution is -2.30. The highest BCUT2D eigenvalue weighted by molar-refractivity contribution is 6.08. The molecule has 6 heteroatoms. The Hall–Kier alpha value is -2.76. The highest BCUT2D eigenvalue weighted by atomic mass is 19.1. The molecule has 0 heterocycles. The van der Waals surface area contributed by atoms with Crippen LogP contribution in [0.1, 0.15) is 6.42 Å². The standard InChI is InChI=1S/C15H12F2N2O2/c16-10-3-1-5-12(7-10)19(15(21)9-14(18)20)13-6-2-4-11(17)8-13/h1-8H,9H2,(H2,18,20). The predicted octanol–water partition coefficient (Wildman–Crippen LogP) is 2.50. The van der Waals surface area contributed by atoms with Crippen LogP contribution in [0.25, 0.3) is 0 Å². The molecule has 0 aliphatic heterocycles. The molecule has 0 unspecified atom stereocenters. The van der Waals surface area contributed by atoms with E-state index in [1.807, 2.05) is 0 Å². The lowest BCUT2D eigenvalue weighted by Gasteiger charge is -2.22. The molecule has 2 N–H and O–H groups in total. The molecule has 0 bridgehead atoms. The molecular weight excluding hydrogens is 278 g/mol. The molecule has 0 aliphatic carbocycles. The van der Waals surface area contributed by atoms with Crippen LogP contribution in [0.3, 0.4) is 0 Å². The van der Waals surface area contributed by atoms with Gasteiger partial charge in [0.1, 0.15) is 18.1 Å². The van der Waals surface area contributed by atoms with Crippen molar-refractivity contribution in [3.05, 3.63) is 60.2 Å². The topological polar surface area (TPSA) is 63.4 Å². The van der Waals surface area contributed by atoms with Gasteiger partial charge in [0.15, 0.2) is 0 Å². The van der Waals surface area contributed by atoms with Gasteiger partial charge in [0.25, 0.3) is 0 Å². The highest BCUT2D eigenvalue weighted by Gasteiger charge is 2.20. The van der Waals surface area contributed by atoms with Crippen LogP contribution in [0.4, 0.5) is 20.2 Å². The van der Waals surface area contributed by atoms with Gasteiger partial charge in [-0.15, -0.1) is 0 Å². The van der Waals surface area contributed by atoms with Gasteiger partial charge in [0, 0.05) is 0 Å². The highest BCUT2D eigenvalue weighted by Crippen LogP contribution is 2.27. The Kier molecular flexibility index (Phi) is 4.27. The van der Waals surface area contributed by atoms with Crippen molar-refractivity contribution in [2.45, 2.75) is 6.42 Å². The number of primary amides is 1. The molecule has 21 heavy (non-hydrogen) atoms. The number of anilines is 2. The Bertz CT molecular complexity index is 643. The summed E-state index contributed by atoms with van der Waals surface area (Å²) >= 11 is 0. The van der Waals surface area contributed by atoms with Gasteiger partial charge in [-0.2, -0.15) is 0 Å².